The van der Waals surface area contributed by atoms with E-state index >= 15 is 0 Å². The molecular formula is C101H182N20O25+6. The van der Waals surface area contributed by atoms with Gasteiger partial charge in [0.2, 0.25) is 70.1 Å². The number of hydrogen-bond donors (Lipinski definition) is 14. The summed E-state index contributed by atoms with van der Waals surface area (Å²) in [5.74, 6) is -9.03. The van der Waals surface area contributed by atoms with Crippen molar-refractivity contribution in [1.82, 2.24) is 69.7 Å². The number of ketones is 7. The van der Waals surface area contributed by atoms with Crippen LogP contribution < -0.4 is 94.3 Å². The lowest BCUT2D eigenvalue weighted by molar-refractivity contribution is -0.152. The first-order valence-electron chi connectivity index (χ1n) is 49.6. The van der Waals surface area contributed by atoms with Gasteiger partial charge in [-0.15, -0.1) is 28.0 Å². The summed E-state index contributed by atoms with van der Waals surface area (Å²) in [5, 5.41) is 32.7. The smallest absolute Gasteiger partial charge is 0.334 e. The number of nitrogens with two attached hydrogens (primary N) is 6. The van der Waals surface area contributed by atoms with Crippen LogP contribution in [-0.2, 0) is 110 Å². The van der Waals surface area contributed by atoms with Crippen molar-refractivity contribution in [1.29, 1.82) is 0 Å². The standard InChI is InChI=1S/C23H39N3O5.C16H27N3O4.C15H25N3O4.C13H21N3O4.C12H19N3O4.C10H15N3O4.2C6H15N/c1-14(2)10-17(12-21(28)19(24)11-15(3)4)22(29)26-20(23(30)31-16(5)6)9-8-18(27)13-25-7;1-10(2)8-13(17)15(21)19-14(16(22)23-11(3)4)7-6-12(20)9-18-5;1-5-22-15(21)13(7-6-11(19)9-17-4)18-14(20)12(16)8-10(2)3;1-8(2)6-10(14)12(18)16-11(13(19)20)5-4-9(17)7-15-3;1-4-19-12(18)10(15-11(17)8(2)13)6-5-9(16)7-14-3;1-6(11)9(15)13-8(10(16)17)4-3-7(14)5-12-2;2*1-4-7(5-2)6-3/h13-17,19-20H,7-12,24H2,1-6H3;9-11,13-14H,5-8,17H2,1-4H3;9-10,12-13H,4-8,16H2,1-3H3;7-8,10-11H,3-6,14H2,1-2H3,(H-,16,18,19,20);7-8,10H,3-6,13H2,1-2H3;5-6,8H,2-4,11H2,1H3,(H-,13,15,16,17);2*4-6H2,1-3H3/p+6/t17-,19+,20+;13-,14-;12-,13-;10-,11-;8-,10-;6-,8-;;/m100000../s1. The Kier molecular flexibility index (Phi) is 93.3. The summed E-state index contributed by atoms with van der Waals surface area (Å²) in [4.78, 5) is 227. The lowest BCUT2D eigenvalue weighted by atomic mass is 9.88. The SMILES string of the molecule is C=[N+]=CC(=O)CC[C@H](NC(=O)[C@@H](CC(=O)[C@@H](N)CC(C)C)CC(C)C)C(=O)OC(C)C.C=[N+]=CC(=O)CC[C@H](NC(=O)[C@@H](N)CC(C)C)C(=O)O.C=[N+]=CC(=O)CC[C@H](NC(=O)[C@@H](N)CC(C)C)C(=O)OC(C)C.C=[N+]=CC(=O)CC[C@H](NC(=O)[C@@H](N)CC(C)C)C(=O)OCC.C=[N+]=CC(=O)CC[C@H](NC(=O)[C@H](C)N)C(=O)O.C=[N+]=CC(=O)CC[C@H](NC(=O)[C@H](C)N)C(=O)OCC.CCN(CC)CC.CCN(CC)CC. The van der Waals surface area contributed by atoms with E-state index in [1.165, 1.54) is 53.1 Å². The van der Waals surface area contributed by atoms with Gasteiger partial charge in [-0.25, -0.2) is 28.8 Å². The summed E-state index contributed by atoms with van der Waals surface area (Å²) in [6.45, 7) is 72.3. The van der Waals surface area contributed by atoms with Crippen LogP contribution in [0.15, 0.2) is 0 Å². The van der Waals surface area contributed by atoms with E-state index in [4.69, 9.17) is 63.6 Å². The molecule has 20 N–H and O–H groups in total. The van der Waals surface area contributed by atoms with Crippen LogP contribution in [-0.4, -0.2) is 347 Å². The Bertz CT molecular complexity index is 4240. The average molecular weight is 2080 g/mol. The predicted octanol–water partition coefficient (Wildman–Crippen LogP) is -0.341. The number of nitrogens with zero attached hydrogens (tertiary/aromatic N) is 8. The number of carbonyl (C=O) groups excluding carboxylic acids is 17. The average Bonchev–Trinajstić information content (AvgIpc) is 0.862. The highest BCUT2D eigenvalue weighted by atomic mass is 16.6. The highest BCUT2D eigenvalue weighted by Crippen LogP contribution is 2.20. The third kappa shape index (κ3) is 86.1. The molecule has 0 aliphatic carbocycles. The van der Waals surface area contributed by atoms with E-state index in [1.807, 2.05) is 69.2 Å². The zero-order valence-corrected chi connectivity index (χ0v) is 91.5. The second kappa shape index (κ2) is 91.4. The molecule has 830 valence electrons. The van der Waals surface area contributed by atoms with Crippen molar-refractivity contribution in [3.63, 3.8) is 0 Å². The van der Waals surface area contributed by atoms with Crippen LogP contribution in [0.5, 0.6) is 0 Å². The molecule has 0 aromatic carbocycles. The maximum atomic E-state index is 13.0. The van der Waals surface area contributed by atoms with Crippen LogP contribution in [0.25, 0.3) is 0 Å². The van der Waals surface area contributed by atoms with Gasteiger partial charge in [0.15, 0.2) is 0 Å². The predicted molar refractivity (Wildman–Crippen MR) is 576 cm³/mol. The molecule has 0 rings (SSSR count). The van der Waals surface area contributed by atoms with Crippen molar-refractivity contribution >= 4 is 189 Å². The number of carboxylic acid groups (broad SMARTS) is 2. The summed E-state index contributed by atoms with van der Waals surface area (Å²) in [6.07, 6.45) is 8.67. The van der Waals surface area contributed by atoms with Gasteiger partial charge in [-0.05, 0) is 195 Å². The number of esters is 4. The maximum Gasteiger partial charge on any atom is 0.334 e. The topological polar surface area (TPSA) is 721 Å². The van der Waals surface area contributed by atoms with Crippen molar-refractivity contribution in [2.75, 3.05) is 52.5 Å². The number of Topliss-reactive ketones (excluding diaryl/α,β-unsaturated/α-hetero) is 7. The minimum Gasteiger partial charge on any atom is -0.480 e. The number of nitrogens with one attached hydrogen (secondary N) is 6. The molecule has 45 heteroatoms. The van der Waals surface area contributed by atoms with Gasteiger partial charge in [0.05, 0.1) is 61.7 Å². The van der Waals surface area contributed by atoms with Gasteiger partial charge in [-0.2, -0.15) is 0 Å². The summed E-state index contributed by atoms with van der Waals surface area (Å²) in [5.41, 5.74) is 34.0. The van der Waals surface area contributed by atoms with Crippen LogP contribution in [0.1, 0.15) is 282 Å². The summed E-state index contributed by atoms with van der Waals surface area (Å²) < 4.78 is 40.2. The molecule has 13 atom stereocenters. The van der Waals surface area contributed by atoms with Crippen molar-refractivity contribution in [3.8, 4) is 0 Å². The minimum absolute atomic E-state index is 0.00417. The number of carboxylic acids is 2. The molecule has 0 bridgehead atoms. The maximum absolute atomic E-state index is 13.0. The number of rotatable bonds is 65. The van der Waals surface area contributed by atoms with Crippen molar-refractivity contribution in [3.05, 3.63) is 0 Å². The van der Waals surface area contributed by atoms with Crippen molar-refractivity contribution in [2.24, 2.45) is 69.9 Å². The largest absolute Gasteiger partial charge is 0.480 e. The Morgan fingerprint density at radius 1 is 0.288 bits per heavy atom. The monoisotopic (exact) mass is 2080 g/mol. The minimum atomic E-state index is -1.21. The molecule has 0 unspecified atom stereocenters. The van der Waals surface area contributed by atoms with Gasteiger partial charge >= 0.3 is 73.1 Å². The van der Waals surface area contributed by atoms with E-state index in [9.17, 15) is 91.1 Å². The Balaban J connectivity index is -0.000000256. The number of amides is 6. The second-order valence-electron chi connectivity index (χ2n) is 36.2. The summed E-state index contributed by atoms with van der Waals surface area (Å²) in [7, 11) is 0. The first kappa shape index (κ1) is 149. The van der Waals surface area contributed by atoms with Crippen LogP contribution in [0, 0.1) is 35.5 Å². The van der Waals surface area contributed by atoms with Gasteiger partial charge < -0.3 is 105 Å². The quantitative estimate of drug-likeness (QED) is 0.0160. The van der Waals surface area contributed by atoms with E-state index in [-0.39, 0.29) is 179 Å². The van der Waals surface area contributed by atoms with E-state index in [1.54, 1.807) is 41.5 Å². The van der Waals surface area contributed by atoms with Crippen LogP contribution in [0.4, 0.5) is 0 Å². The number of hydrogen-bond acceptors (Lipinski definition) is 31. The Morgan fingerprint density at radius 2 is 0.486 bits per heavy atom. The molecule has 146 heavy (non-hydrogen) atoms. The van der Waals surface area contributed by atoms with Crippen LogP contribution >= 0.6 is 0 Å². The third-order valence-corrected chi connectivity index (χ3v) is 19.8. The molecule has 6 amide bonds. The van der Waals surface area contributed by atoms with Gasteiger partial charge in [0.25, 0.3) is 40.3 Å². The highest BCUT2D eigenvalue weighted by molar-refractivity contribution is 6.29. The second-order valence-corrected chi connectivity index (χ2v) is 36.2. The normalized spacial score (nSPS) is 13.0. The molecule has 0 spiro atoms. The summed E-state index contributed by atoms with van der Waals surface area (Å²) >= 11 is 0. The van der Waals surface area contributed by atoms with Gasteiger partial charge in [0, 0.05) is 50.9 Å². The Labute approximate surface area is 864 Å². The van der Waals surface area contributed by atoms with E-state index in [0.717, 1.165) is 37.3 Å². The summed E-state index contributed by atoms with van der Waals surface area (Å²) in [6, 6.07) is -10.3. The first-order chi connectivity index (χ1) is 68.1. The molecule has 0 radical (unpaired) electrons. The molecule has 0 heterocycles. The van der Waals surface area contributed by atoms with Crippen LogP contribution in [0.3, 0.4) is 0 Å². The first-order valence-corrected chi connectivity index (χ1v) is 49.6. The number of aliphatic carboxylic acids is 2. The number of ether oxygens (including phenoxy) is 4. The van der Waals surface area contributed by atoms with Crippen molar-refractivity contribution in [2.45, 2.75) is 366 Å². The van der Waals surface area contributed by atoms with Gasteiger partial charge in [-0.3, -0.25) is 62.3 Å². The van der Waals surface area contributed by atoms with Gasteiger partial charge in [0.1, 0.15) is 42.0 Å². The lowest BCUT2D eigenvalue weighted by Gasteiger charge is -2.24. The van der Waals surface area contributed by atoms with Gasteiger partial charge in [-0.1, -0.05) is 111 Å². The number of carbonyl (C=O) groups is 19. The Hall–Kier alpha value is -12.3. The Morgan fingerprint density at radius 3 is 0.678 bits per heavy atom. The molecular weight excluding hydrogens is 1890 g/mol. The van der Waals surface area contributed by atoms with E-state index in [2.05, 4.69) is 152 Å². The molecule has 0 saturated carbocycles. The van der Waals surface area contributed by atoms with Crippen LogP contribution in [0.2, 0.25) is 0 Å². The zero-order valence-electron chi connectivity index (χ0n) is 91.5. The molecule has 0 aromatic rings. The van der Waals surface area contributed by atoms with E-state index in [0.29, 0.717) is 32.1 Å². The third-order valence-electron chi connectivity index (χ3n) is 19.8. The molecule has 0 aliphatic rings. The zero-order chi connectivity index (χ0) is 115. The molecule has 0 saturated heterocycles. The van der Waals surface area contributed by atoms with Crippen molar-refractivity contribution < 1.29 is 120 Å². The fraction of sp³-hybridized carbons (Fsp3) is 0.693. The molecule has 0 aromatic heterocycles. The fourth-order valence-corrected chi connectivity index (χ4v) is 12.1. The molecule has 0 aliphatic heterocycles. The fourth-order valence-electron chi connectivity index (χ4n) is 12.1. The highest BCUT2D eigenvalue weighted by Gasteiger charge is 2.34. The van der Waals surface area contributed by atoms with E-state index < -0.39 is 150 Å². The lowest BCUT2D eigenvalue weighted by Crippen LogP contribution is -2.49. The molecule has 45 nitrogen and oxygen atoms in total. The molecule has 0 fully saturated rings.